The fourth-order valence-electron chi connectivity index (χ4n) is 5.36. The Hall–Kier alpha value is -0.900. The van der Waals surface area contributed by atoms with E-state index in [1.165, 1.54) is 38.5 Å². The van der Waals surface area contributed by atoms with Crippen LogP contribution >= 0.6 is 0 Å². The maximum Gasteiger partial charge on any atom is 0.243 e. The lowest BCUT2D eigenvalue weighted by molar-refractivity contribution is -0.0396. The first kappa shape index (κ1) is 12.8. The fourth-order valence-corrected chi connectivity index (χ4v) is 5.36. The zero-order chi connectivity index (χ0) is 13.7. The molecule has 1 heterocycles. The molecule has 1 unspecified atom stereocenters. The average Bonchev–Trinajstić information content (AvgIpc) is 2.86. The van der Waals surface area contributed by atoms with Crippen molar-refractivity contribution in [3.05, 3.63) is 11.7 Å². The molecule has 1 atom stereocenters. The molecule has 2 N–H and O–H groups in total. The minimum atomic E-state index is -0.155. The number of aryl methyl sites for hydroxylation is 1. The van der Waals surface area contributed by atoms with E-state index in [2.05, 4.69) is 10.1 Å². The highest BCUT2D eigenvalue weighted by Gasteiger charge is 2.47. The van der Waals surface area contributed by atoms with E-state index in [4.69, 9.17) is 10.3 Å². The van der Waals surface area contributed by atoms with Crippen LogP contribution in [-0.4, -0.2) is 10.1 Å². The van der Waals surface area contributed by atoms with Crippen molar-refractivity contribution >= 4 is 0 Å². The van der Waals surface area contributed by atoms with Crippen LogP contribution in [0.25, 0.3) is 0 Å². The van der Waals surface area contributed by atoms with Crippen molar-refractivity contribution in [3.8, 4) is 0 Å². The van der Waals surface area contributed by atoms with Gasteiger partial charge in [-0.2, -0.15) is 4.98 Å². The van der Waals surface area contributed by atoms with Crippen LogP contribution in [0.1, 0.15) is 63.2 Å². The molecule has 0 saturated heterocycles. The average molecular weight is 275 g/mol. The first-order chi connectivity index (χ1) is 9.69. The molecule has 4 heteroatoms. The number of hydrogen-bond acceptors (Lipinski definition) is 4. The van der Waals surface area contributed by atoms with Crippen molar-refractivity contribution in [1.29, 1.82) is 0 Å². The van der Waals surface area contributed by atoms with Gasteiger partial charge in [0.2, 0.25) is 5.89 Å². The number of rotatable bonds is 4. The second-order valence-electron chi connectivity index (χ2n) is 7.47. The zero-order valence-electron chi connectivity index (χ0n) is 12.3. The van der Waals surface area contributed by atoms with E-state index in [1.807, 2.05) is 6.92 Å². The van der Waals surface area contributed by atoms with E-state index in [-0.39, 0.29) is 6.04 Å². The highest BCUT2D eigenvalue weighted by molar-refractivity contribution is 4.99. The summed E-state index contributed by atoms with van der Waals surface area (Å²) in [5, 5.41) is 4.07. The lowest BCUT2D eigenvalue weighted by Gasteiger charge is -2.54. The van der Waals surface area contributed by atoms with Gasteiger partial charge in [0.25, 0.3) is 0 Å². The van der Waals surface area contributed by atoms with Gasteiger partial charge >= 0.3 is 0 Å². The highest BCUT2D eigenvalue weighted by Crippen LogP contribution is 2.57. The predicted molar refractivity (Wildman–Crippen MR) is 75.8 cm³/mol. The molecular formula is C16H25N3O. The molecule has 0 spiro atoms. The van der Waals surface area contributed by atoms with Gasteiger partial charge in [0, 0.05) is 6.42 Å². The van der Waals surface area contributed by atoms with Crippen LogP contribution in [0.5, 0.6) is 0 Å². The topological polar surface area (TPSA) is 64.9 Å². The van der Waals surface area contributed by atoms with E-state index in [0.717, 1.165) is 41.8 Å². The minimum absolute atomic E-state index is 0.155. The molecule has 1 aromatic heterocycles. The van der Waals surface area contributed by atoms with Gasteiger partial charge in [-0.25, -0.2) is 0 Å². The van der Waals surface area contributed by atoms with Crippen molar-refractivity contribution < 1.29 is 4.52 Å². The zero-order valence-corrected chi connectivity index (χ0v) is 12.3. The maximum atomic E-state index is 5.76. The summed E-state index contributed by atoms with van der Waals surface area (Å²) in [7, 11) is 0. The normalized spacial score (nSPS) is 40.2. The molecule has 4 aliphatic carbocycles. The number of nitrogens with two attached hydrogens (primary N) is 1. The van der Waals surface area contributed by atoms with Gasteiger partial charge < -0.3 is 10.3 Å². The summed E-state index contributed by atoms with van der Waals surface area (Å²) in [5.41, 5.74) is 5.76. The van der Waals surface area contributed by atoms with Crippen LogP contribution in [0.3, 0.4) is 0 Å². The Morgan fingerprint density at radius 2 is 1.80 bits per heavy atom. The van der Waals surface area contributed by atoms with Crippen LogP contribution in [0.4, 0.5) is 0 Å². The molecule has 4 nitrogen and oxygen atoms in total. The lowest BCUT2D eigenvalue weighted by atomic mass is 9.51. The Bertz CT molecular complexity index is 454. The van der Waals surface area contributed by atoms with Crippen LogP contribution in [-0.2, 0) is 6.42 Å². The Labute approximate surface area is 120 Å². The third-order valence-electron chi connectivity index (χ3n) is 6.00. The standard InChI is InChI=1S/C16H25N3O/c1-9(17)16-18-15(19-20-16)3-2-14-12-5-10-4-11(7-12)8-13(14)6-10/h9-14H,2-8,17H2,1H3. The van der Waals surface area contributed by atoms with E-state index < -0.39 is 0 Å². The molecule has 4 bridgehead atoms. The van der Waals surface area contributed by atoms with E-state index in [1.54, 1.807) is 0 Å². The van der Waals surface area contributed by atoms with Crippen molar-refractivity contribution in [3.63, 3.8) is 0 Å². The van der Waals surface area contributed by atoms with Gasteiger partial charge in [0.15, 0.2) is 5.82 Å². The van der Waals surface area contributed by atoms with Crippen molar-refractivity contribution in [1.82, 2.24) is 10.1 Å². The van der Waals surface area contributed by atoms with Crippen molar-refractivity contribution in [2.75, 3.05) is 0 Å². The number of aromatic nitrogens is 2. The minimum Gasteiger partial charge on any atom is -0.338 e. The molecule has 1 aromatic rings. The lowest BCUT2D eigenvalue weighted by Crippen LogP contribution is -2.45. The molecule has 20 heavy (non-hydrogen) atoms. The van der Waals surface area contributed by atoms with E-state index in [0.29, 0.717) is 5.89 Å². The number of hydrogen-bond donors (Lipinski definition) is 1. The third kappa shape index (κ3) is 2.18. The monoisotopic (exact) mass is 275 g/mol. The smallest absolute Gasteiger partial charge is 0.243 e. The quantitative estimate of drug-likeness (QED) is 0.917. The molecule has 0 aliphatic heterocycles. The first-order valence-corrected chi connectivity index (χ1v) is 8.27. The molecule has 0 aromatic carbocycles. The Morgan fingerprint density at radius 1 is 1.15 bits per heavy atom. The summed E-state index contributed by atoms with van der Waals surface area (Å²) in [6.45, 7) is 1.88. The fraction of sp³-hybridized carbons (Fsp3) is 0.875. The molecular weight excluding hydrogens is 250 g/mol. The van der Waals surface area contributed by atoms with Gasteiger partial charge in [-0.05, 0) is 75.0 Å². The summed E-state index contributed by atoms with van der Waals surface area (Å²) in [6, 6.07) is -0.155. The van der Waals surface area contributed by atoms with Crippen LogP contribution in [0.15, 0.2) is 4.52 Å². The van der Waals surface area contributed by atoms with E-state index >= 15 is 0 Å². The summed E-state index contributed by atoms with van der Waals surface area (Å²) in [6.07, 6.45) is 9.71. The van der Waals surface area contributed by atoms with E-state index in [9.17, 15) is 0 Å². The second kappa shape index (κ2) is 4.83. The molecule has 110 valence electrons. The number of nitrogens with zero attached hydrogens (tertiary/aromatic N) is 2. The Morgan fingerprint density at radius 3 is 2.35 bits per heavy atom. The summed E-state index contributed by atoms with van der Waals surface area (Å²) < 4.78 is 5.20. The summed E-state index contributed by atoms with van der Waals surface area (Å²) in [4.78, 5) is 4.41. The van der Waals surface area contributed by atoms with Gasteiger partial charge in [0.1, 0.15) is 0 Å². The Balaban J connectivity index is 1.39. The first-order valence-electron chi connectivity index (χ1n) is 8.27. The third-order valence-corrected chi connectivity index (χ3v) is 6.00. The van der Waals surface area contributed by atoms with Crippen LogP contribution < -0.4 is 5.73 Å². The second-order valence-corrected chi connectivity index (χ2v) is 7.47. The Kier molecular flexibility index (Phi) is 3.09. The summed E-state index contributed by atoms with van der Waals surface area (Å²) in [5.74, 6) is 6.44. The van der Waals surface area contributed by atoms with Gasteiger partial charge in [-0.15, -0.1) is 0 Å². The SMILES string of the molecule is CC(N)c1nc(CCC2C3CC4CC(C3)CC2C4)no1. The summed E-state index contributed by atoms with van der Waals surface area (Å²) >= 11 is 0. The largest absolute Gasteiger partial charge is 0.338 e. The van der Waals surface area contributed by atoms with Gasteiger partial charge in [0.05, 0.1) is 6.04 Å². The maximum absolute atomic E-state index is 5.76. The molecule has 4 saturated carbocycles. The highest BCUT2D eigenvalue weighted by atomic mass is 16.5. The van der Waals surface area contributed by atoms with Gasteiger partial charge in [-0.1, -0.05) is 5.16 Å². The molecule has 4 fully saturated rings. The van der Waals surface area contributed by atoms with Crippen molar-refractivity contribution in [2.24, 2.45) is 35.3 Å². The molecule has 4 aliphatic rings. The molecule has 0 radical (unpaired) electrons. The van der Waals surface area contributed by atoms with Crippen LogP contribution in [0, 0.1) is 29.6 Å². The predicted octanol–water partition coefficient (Wildman–Crippen LogP) is 3.09. The molecule has 5 rings (SSSR count). The van der Waals surface area contributed by atoms with Crippen molar-refractivity contribution in [2.45, 2.75) is 57.9 Å². The van der Waals surface area contributed by atoms with Crippen LogP contribution in [0.2, 0.25) is 0 Å². The molecule has 0 amide bonds. The van der Waals surface area contributed by atoms with Gasteiger partial charge in [-0.3, -0.25) is 0 Å².